The molecule has 0 saturated heterocycles. The SMILES string of the molecule is COC(CNC(=O)c1cccc2cc[nH]c12)CC(=O)O. The number of aliphatic carboxylic acids is 1. The molecule has 0 aliphatic carbocycles. The summed E-state index contributed by atoms with van der Waals surface area (Å²) in [6.07, 6.45) is 1.08. The van der Waals surface area contributed by atoms with E-state index in [1.54, 1.807) is 18.3 Å². The largest absolute Gasteiger partial charge is 0.481 e. The molecule has 20 heavy (non-hydrogen) atoms. The monoisotopic (exact) mass is 276 g/mol. The van der Waals surface area contributed by atoms with Crippen LogP contribution in [0.4, 0.5) is 0 Å². The molecule has 0 bridgehead atoms. The highest BCUT2D eigenvalue weighted by molar-refractivity contribution is 6.05. The minimum atomic E-state index is -0.961. The number of nitrogens with one attached hydrogen (secondary N) is 2. The third kappa shape index (κ3) is 3.16. The van der Waals surface area contributed by atoms with Crippen molar-refractivity contribution in [3.8, 4) is 0 Å². The van der Waals surface area contributed by atoms with Crippen LogP contribution < -0.4 is 5.32 Å². The van der Waals surface area contributed by atoms with E-state index in [1.807, 2.05) is 12.1 Å². The molecule has 0 aliphatic rings. The average molecular weight is 276 g/mol. The molecule has 1 amide bonds. The molecule has 6 heteroatoms. The van der Waals surface area contributed by atoms with Gasteiger partial charge in [0, 0.05) is 25.2 Å². The maximum absolute atomic E-state index is 12.1. The normalized spacial score (nSPS) is 12.2. The van der Waals surface area contributed by atoms with E-state index in [4.69, 9.17) is 9.84 Å². The Morgan fingerprint density at radius 1 is 1.40 bits per heavy atom. The number of hydrogen-bond acceptors (Lipinski definition) is 3. The van der Waals surface area contributed by atoms with Gasteiger partial charge in [0.15, 0.2) is 0 Å². The second kappa shape index (κ2) is 6.21. The molecule has 1 unspecified atom stereocenters. The molecule has 106 valence electrons. The molecule has 1 aromatic heterocycles. The fourth-order valence-corrected chi connectivity index (χ4v) is 2.01. The number of carboxylic acids is 1. The molecule has 2 aromatic rings. The minimum absolute atomic E-state index is 0.149. The maximum Gasteiger partial charge on any atom is 0.306 e. The number of ether oxygens (including phenoxy) is 1. The summed E-state index contributed by atoms with van der Waals surface area (Å²) in [4.78, 5) is 25.8. The fraction of sp³-hybridized carbons (Fsp3) is 0.286. The number of methoxy groups -OCH3 is 1. The van der Waals surface area contributed by atoms with Gasteiger partial charge in [-0.2, -0.15) is 0 Å². The van der Waals surface area contributed by atoms with E-state index in [-0.39, 0.29) is 18.9 Å². The number of benzene rings is 1. The fourth-order valence-electron chi connectivity index (χ4n) is 2.01. The van der Waals surface area contributed by atoms with Crippen LogP contribution in [0.5, 0.6) is 0 Å². The number of carbonyl (C=O) groups excluding carboxylic acids is 1. The number of hydrogen-bond donors (Lipinski definition) is 3. The zero-order valence-electron chi connectivity index (χ0n) is 11.1. The van der Waals surface area contributed by atoms with Gasteiger partial charge in [0.25, 0.3) is 5.91 Å². The van der Waals surface area contributed by atoms with Crippen LogP contribution in [0.3, 0.4) is 0 Å². The van der Waals surface area contributed by atoms with E-state index in [0.29, 0.717) is 5.56 Å². The molecule has 0 aliphatic heterocycles. The van der Waals surface area contributed by atoms with Crippen molar-refractivity contribution in [3.05, 3.63) is 36.0 Å². The second-order valence-electron chi connectivity index (χ2n) is 4.41. The Morgan fingerprint density at radius 3 is 2.90 bits per heavy atom. The lowest BCUT2D eigenvalue weighted by molar-refractivity contribution is -0.139. The van der Waals surface area contributed by atoms with Gasteiger partial charge in [0.1, 0.15) is 0 Å². The summed E-state index contributed by atoms with van der Waals surface area (Å²) in [6.45, 7) is 0.152. The van der Waals surface area contributed by atoms with Crippen LogP contribution in [0.15, 0.2) is 30.5 Å². The maximum atomic E-state index is 12.1. The van der Waals surface area contributed by atoms with Gasteiger partial charge in [0.05, 0.1) is 23.6 Å². The Kier molecular flexibility index (Phi) is 4.37. The number of H-pyrrole nitrogens is 1. The number of carbonyl (C=O) groups is 2. The van der Waals surface area contributed by atoms with Crippen molar-refractivity contribution in [2.24, 2.45) is 0 Å². The number of aromatic nitrogens is 1. The number of fused-ring (bicyclic) bond motifs is 1. The van der Waals surface area contributed by atoms with E-state index in [1.165, 1.54) is 7.11 Å². The Hall–Kier alpha value is -2.34. The lowest BCUT2D eigenvalue weighted by Crippen LogP contribution is -2.34. The van der Waals surface area contributed by atoms with Crippen molar-refractivity contribution in [2.45, 2.75) is 12.5 Å². The third-order valence-corrected chi connectivity index (χ3v) is 3.06. The summed E-state index contributed by atoms with van der Waals surface area (Å²) in [5, 5.41) is 12.4. The molecule has 3 N–H and O–H groups in total. The first-order valence-corrected chi connectivity index (χ1v) is 6.20. The van der Waals surface area contributed by atoms with Gasteiger partial charge in [-0.3, -0.25) is 9.59 Å². The van der Waals surface area contributed by atoms with Crippen LogP contribution in [-0.4, -0.2) is 41.7 Å². The molecular formula is C14H16N2O4. The Labute approximate surface area is 115 Å². The van der Waals surface area contributed by atoms with Crippen molar-refractivity contribution in [1.82, 2.24) is 10.3 Å². The molecule has 6 nitrogen and oxygen atoms in total. The van der Waals surface area contributed by atoms with E-state index < -0.39 is 12.1 Å². The molecule has 0 radical (unpaired) electrons. The number of rotatable bonds is 6. The standard InChI is InChI=1S/C14H16N2O4/c1-20-10(7-12(17)18)8-16-14(19)11-4-2-3-9-5-6-15-13(9)11/h2-6,10,15H,7-8H2,1H3,(H,16,19)(H,17,18). The van der Waals surface area contributed by atoms with Crippen molar-refractivity contribution >= 4 is 22.8 Å². The van der Waals surface area contributed by atoms with Crippen molar-refractivity contribution in [1.29, 1.82) is 0 Å². The smallest absolute Gasteiger partial charge is 0.306 e. The van der Waals surface area contributed by atoms with E-state index in [9.17, 15) is 9.59 Å². The van der Waals surface area contributed by atoms with Crippen LogP contribution in [0.2, 0.25) is 0 Å². The summed E-state index contributed by atoms with van der Waals surface area (Å²) in [7, 11) is 1.42. The van der Waals surface area contributed by atoms with Gasteiger partial charge < -0.3 is 20.1 Å². The quantitative estimate of drug-likeness (QED) is 0.743. The van der Waals surface area contributed by atoms with E-state index in [2.05, 4.69) is 10.3 Å². The summed E-state index contributed by atoms with van der Waals surface area (Å²) in [6, 6.07) is 7.31. The van der Waals surface area contributed by atoms with Crippen molar-refractivity contribution < 1.29 is 19.4 Å². The highest BCUT2D eigenvalue weighted by atomic mass is 16.5. The van der Waals surface area contributed by atoms with E-state index >= 15 is 0 Å². The zero-order chi connectivity index (χ0) is 14.5. The minimum Gasteiger partial charge on any atom is -0.481 e. The predicted octanol–water partition coefficient (Wildman–Crippen LogP) is 1.39. The first kappa shape index (κ1) is 14.1. The summed E-state index contributed by atoms with van der Waals surface area (Å²) in [5.41, 5.74) is 1.29. The van der Waals surface area contributed by atoms with Crippen LogP contribution in [0, 0.1) is 0 Å². The molecule has 0 fully saturated rings. The lowest BCUT2D eigenvalue weighted by atomic mass is 10.1. The second-order valence-corrected chi connectivity index (χ2v) is 4.41. The third-order valence-electron chi connectivity index (χ3n) is 3.06. The lowest BCUT2D eigenvalue weighted by Gasteiger charge is -2.14. The molecule has 1 atom stereocenters. The van der Waals surface area contributed by atoms with Gasteiger partial charge in [-0.05, 0) is 12.1 Å². The first-order chi connectivity index (χ1) is 9.61. The highest BCUT2D eigenvalue weighted by Crippen LogP contribution is 2.16. The van der Waals surface area contributed by atoms with Gasteiger partial charge >= 0.3 is 5.97 Å². The number of para-hydroxylation sites is 1. The van der Waals surface area contributed by atoms with Crippen LogP contribution in [0.1, 0.15) is 16.8 Å². The number of carboxylic acid groups (broad SMARTS) is 1. The topological polar surface area (TPSA) is 91.4 Å². The van der Waals surface area contributed by atoms with Crippen molar-refractivity contribution in [3.63, 3.8) is 0 Å². The molecule has 1 heterocycles. The number of amides is 1. The predicted molar refractivity (Wildman–Crippen MR) is 73.7 cm³/mol. The highest BCUT2D eigenvalue weighted by Gasteiger charge is 2.15. The zero-order valence-corrected chi connectivity index (χ0v) is 11.1. The van der Waals surface area contributed by atoms with Crippen LogP contribution >= 0.6 is 0 Å². The van der Waals surface area contributed by atoms with E-state index in [0.717, 1.165) is 10.9 Å². The summed E-state index contributed by atoms with van der Waals surface area (Å²) < 4.78 is 5.02. The van der Waals surface area contributed by atoms with Crippen molar-refractivity contribution in [2.75, 3.05) is 13.7 Å². The Balaban J connectivity index is 2.05. The molecule has 0 saturated carbocycles. The van der Waals surface area contributed by atoms with Crippen LogP contribution in [-0.2, 0) is 9.53 Å². The molecule has 1 aromatic carbocycles. The molecule has 0 spiro atoms. The Morgan fingerprint density at radius 2 is 2.20 bits per heavy atom. The first-order valence-electron chi connectivity index (χ1n) is 6.20. The summed E-state index contributed by atoms with van der Waals surface area (Å²) >= 11 is 0. The molecular weight excluding hydrogens is 260 g/mol. The summed E-state index contributed by atoms with van der Waals surface area (Å²) in [5.74, 6) is -1.22. The average Bonchev–Trinajstić information content (AvgIpc) is 2.90. The van der Waals surface area contributed by atoms with Crippen LogP contribution in [0.25, 0.3) is 10.9 Å². The Bertz CT molecular complexity index is 620. The van der Waals surface area contributed by atoms with Gasteiger partial charge in [-0.25, -0.2) is 0 Å². The van der Waals surface area contributed by atoms with Gasteiger partial charge in [-0.15, -0.1) is 0 Å². The number of aromatic amines is 1. The van der Waals surface area contributed by atoms with Gasteiger partial charge in [-0.1, -0.05) is 12.1 Å². The molecule has 2 rings (SSSR count). The van der Waals surface area contributed by atoms with Gasteiger partial charge in [0.2, 0.25) is 0 Å².